The first-order valence-corrected chi connectivity index (χ1v) is 8.01. The van der Waals surface area contributed by atoms with E-state index in [4.69, 9.17) is 14.6 Å². The molecule has 0 unspecified atom stereocenters. The highest BCUT2D eigenvalue weighted by molar-refractivity contribution is 7.89. The van der Waals surface area contributed by atoms with E-state index in [9.17, 15) is 8.42 Å². The van der Waals surface area contributed by atoms with E-state index in [1.807, 2.05) is 30.4 Å². The summed E-state index contributed by atoms with van der Waals surface area (Å²) in [7, 11) is -0.493. The number of sulfonamides is 1. The van der Waals surface area contributed by atoms with E-state index < -0.39 is 10.0 Å². The normalized spacial score (nSPS) is 11.6. The van der Waals surface area contributed by atoms with Gasteiger partial charge in [-0.1, -0.05) is 30.4 Å². The summed E-state index contributed by atoms with van der Waals surface area (Å²) in [6, 6.07) is 11.9. The summed E-state index contributed by atoms with van der Waals surface area (Å²) in [6.07, 6.45) is 3.77. The maximum Gasteiger partial charge on any atom is 0.238 e. The Bertz CT molecular complexity index is 780. The van der Waals surface area contributed by atoms with E-state index >= 15 is 0 Å². The summed E-state index contributed by atoms with van der Waals surface area (Å²) in [5.74, 6) is 1.31. The SMILES string of the molecule is COc1ccc(/C=C/c2ccc(S(N)(=O)=O)cc2)cc1OC. The second kappa shape index (κ2) is 6.64. The van der Waals surface area contributed by atoms with Crippen LogP contribution < -0.4 is 14.6 Å². The number of methoxy groups -OCH3 is 2. The van der Waals surface area contributed by atoms with Crippen LogP contribution in [0.2, 0.25) is 0 Å². The molecule has 0 saturated heterocycles. The number of hydrogen-bond acceptors (Lipinski definition) is 4. The average Bonchev–Trinajstić information content (AvgIpc) is 2.52. The number of hydrogen-bond donors (Lipinski definition) is 1. The molecule has 0 aromatic heterocycles. The second-order valence-electron chi connectivity index (χ2n) is 4.56. The molecule has 0 bridgehead atoms. The Labute approximate surface area is 130 Å². The van der Waals surface area contributed by atoms with Crippen LogP contribution in [-0.4, -0.2) is 22.6 Å². The van der Waals surface area contributed by atoms with Gasteiger partial charge in [-0.05, 0) is 35.4 Å². The van der Waals surface area contributed by atoms with Gasteiger partial charge in [-0.25, -0.2) is 13.6 Å². The topological polar surface area (TPSA) is 78.6 Å². The van der Waals surface area contributed by atoms with Crippen molar-refractivity contribution in [3.63, 3.8) is 0 Å². The molecular formula is C16H17NO4S. The van der Waals surface area contributed by atoms with Gasteiger partial charge in [0.25, 0.3) is 0 Å². The zero-order chi connectivity index (χ0) is 16.2. The van der Waals surface area contributed by atoms with Crippen LogP contribution in [0.15, 0.2) is 47.4 Å². The van der Waals surface area contributed by atoms with Crippen LogP contribution in [0.5, 0.6) is 11.5 Å². The van der Waals surface area contributed by atoms with E-state index in [1.54, 1.807) is 26.4 Å². The molecular weight excluding hydrogens is 302 g/mol. The number of rotatable bonds is 5. The number of ether oxygens (including phenoxy) is 2. The molecule has 0 fully saturated rings. The molecule has 2 aromatic carbocycles. The van der Waals surface area contributed by atoms with Crippen LogP contribution in [-0.2, 0) is 10.0 Å². The molecule has 0 heterocycles. The summed E-state index contributed by atoms with van der Waals surface area (Å²) in [5, 5.41) is 5.06. The lowest BCUT2D eigenvalue weighted by molar-refractivity contribution is 0.355. The molecule has 0 spiro atoms. The third kappa shape index (κ3) is 3.87. The van der Waals surface area contributed by atoms with Gasteiger partial charge in [0.1, 0.15) is 0 Å². The van der Waals surface area contributed by atoms with Crippen LogP contribution in [0.1, 0.15) is 11.1 Å². The minimum absolute atomic E-state index is 0.0933. The molecule has 0 amide bonds. The van der Waals surface area contributed by atoms with E-state index in [2.05, 4.69) is 0 Å². The van der Waals surface area contributed by atoms with Crippen LogP contribution in [0.25, 0.3) is 12.2 Å². The van der Waals surface area contributed by atoms with E-state index in [1.165, 1.54) is 12.1 Å². The summed E-state index contributed by atoms with van der Waals surface area (Å²) >= 11 is 0. The fourth-order valence-electron chi connectivity index (χ4n) is 1.92. The molecule has 2 N–H and O–H groups in total. The predicted octanol–water partition coefficient (Wildman–Crippen LogP) is 2.52. The number of primary sulfonamides is 1. The minimum Gasteiger partial charge on any atom is -0.493 e. The Morgan fingerprint density at radius 2 is 1.41 bits per heavy atom. The van der Waals surface area contributed by atoms with Crippen molar-refractivity contribution in [2.75, 3.05) is 14.2 Å². The third-order valence-corrected chi connectivity index (χ3v) is 4.01. The van der Waals surface area contributed by atoms with Crippen molar-refractivity contribution < 1.29 is 17.9 Å². The lowest BCUT2D eigenvalue weighted by Gasteiger charge is -2.07. The smallest absolute Gasteiger partial charge is 0.238 e. The highest BCUT2D eigenvalue weighted by atomic mass is 32.2. The Hall–Kier alpha value is -2.31. The van der Waals surface area contributed by atoms with Crippen molar-refractivity contribution in [2.24, 2.45) is 5.14 Å². The molecule has 0 saturated carbocycles. The molecule has 5 nitrogen and oxygen atoms in total. The van der Waals surface area contributed by atoms with Crippen molar-refractivity contribution in [2.45, 2.75) is 4.90 Å². The van der Waals surface area contributed by atoms with Crippen LogP contribution in [0.4, 0.5) is 0 Å². The van der Waals surface area contributed by atoms with Crippen molar-refractivity contribution in [3.8, 4) is 11.5 Å². The Morgan fingerprint density at radius 1 is 0.864 bits per heavy atom. The average molecular weight is 319 g/mol. The molecule has 2 rings (SSSR count). The zero-order valence-corrected chi connectivity index (χ0v) is 13.1. The maximum atomic E-state index is 11.2. The summed E-state index contributed by atoms with van der Waals surface area (Å²) < 4.78 is 32.8. The van der Waals surface area contributed by atoms with Crippen molar-refractivity contribution >= 4 is 22.2 Å². The predicted molar refractivity (Wildman–Crippen MR) is 86.3 cm³/mol. The standard InChI is InChI=1S/C16H17NO4S/c1-20-15-10-7-13(11-16(15)21-2)4-3-12-5-8-14(9-6-12)22(17,18)19/h3-11H,1-2H3,(H2,17,18,19)/b4-3+. The number of benzene rings is 2. The minimum atomic E-state index is -3.66. The first kappa shape index (κ1) is 16.1. The molecule has 22 heavy (non-hydrogen) atoms. The molecule has 0 aliphatic rings. The Morgan fingerprint density at radius 3 is 1.95 bits per heavy atom. The fraction of sp³-hybridized carbons (Fsp3) is 0.125. The zero-order valence-electron chi connectivity index (χ0n) is 12.3. The van der Waals surface area contributed by atoms with Crippen molar-refractivity contribution in [1.82, 2.24) is 0 Å². The van der Waals surface area contributed by atoms with E-state index in [-0.39, 0.29) is 4.90 Å². The van der Waals surface area contributed by atoms with Gasteiger partial charge < -0.3 is 9.47 Å². The largest absolute Gasteiger partial charge is 0.493 e. The molecule has 2 aromatic rings. The monoisotopic (exact) mass is 319 g/mol. The maximum absolute atomic E-state index is 11.2. The summed E-state index contributed by atoms with van der Waals surface area (Å²) in [4.78, 5) is 0.0933. The molecule has 0 atom stereocenters. The Kier molecular flexibility index (Phi) is 4.85. The first-order chi connectivity index (χ1) is 10.4. The van der Waals surface area contributed by atoms with E-state index in [0.717, 1.165) is 11.1 Å². The van der Waals surface area contributed by atoms with E-state index in [0.29, 0.717) is 11.5 Å². The third-order valence-electron chi connectivity index (χ3n) is 3.08. The highest BCUT2D eigenvalue weighted by Gasteiger charge is 2.06. The van der Waals surface area contributed by atoms with Gasteiger partial charge in [-0.3, -0.25) is 0 Å². The lowest BCUT2D eigenvalue weighted by atomic mass is 10.1. The molecule has 116 valence electrons. The summed E-state index contributed by atoms with van der Waals surface area (Å²) in [6.45, 7) is 0. The molecule has 6 heteroatoms. The van der Waals surface area contributed by atoms with Gasteiger partial charge in [0.2, 0.25) is 10.0 Å². The molecule has 0 radical (unpaired) electrons. The lowest BCUT2D eigenvalue weighted by Crippen LogP contribution is -2.11. The van der Waals surface area contributed by atoms with Crippen molar-refractivity contribution in [3.05, 3.63) is 53.6 Å². The highest BCUT2D eigenvalue weighted by Crippen LogP contribution is 2.28. The molecule has 0 aliphatic heterocycles. The van der Waals surface area contributed by atoms with Gasteiger partial charge in [-0.2, -0.15) is 0 Å². The van der Waals surface area contributed by atoms with Gasteiger partial charge in [0.15, 0.2) is 11.5 Å². The number of nitrogens with two attached hydrogens (primary N) is 1. The first-order valence-electron chi connectivity index (χ1n) is 6.47. The van der Waals surface area contributed by atoms with Gasteiger partial charge in [-0.15, -0.1) is 0 Å². The van der Waals surface area contributed by atoms with Gasteiger partial charge >= 0.3 is 0 Å². The molecule has 0 aliphatic carbocycles. The summed E-state index contributed by atoms with van der Waals surface area (Å²) in [5.41, 5.74) is 1.80. The van der Waals surface area contributed by atoms with Gasteiger partial charge in [0, 0.05) is 0 Å². The fourth-order valence-corrected chi connectivity index (χ4v) is 2.43. The van der Waals surface area contributed by atoms with Crippen molar-refractivity contribution in [1.29, 1.82) is 0 Å². The second-order valence-corrected chi connectivity index (χ2v) is 6.12. The quantitative estimate of drug-likeness (QED) is 0.859. The van der Waals surface area contributed by atoms with Gasteiger partial charge in [0.05, 0.1) is 19.1 Å². The van der Waals surface area contributed by atoms with Crippen LogP contribution in [0, 0.1) is 0 Å². The van der Waals surface area contributed by atoms with Crippen LogP contribution >= 0.6 is 0 Å². The van der Waals surface area contributed by atoms with Crippen LogP contribution in [0.3, 0.4) is 0 Å². The Balaban J connectivity index is 2.21.